The van der Waals surface area contributed by atoms with E-state index in [1.165, 1.54) is 0 Å². The van der Waals surface area contributed by atoms with E-state index in [-0.39, 0.29) is 0 Å². The van der Waals surface area contributed by atoms with Crippen LogP contribution in [0.3, 0.4) is 0 Å². The van der Waals surface area contributed by atoms with Crippen molar-refractivity contribution in [2.45, 2.75) is 13.8 Å². The van der Waals surface area contributed by atoms with E-state index in [4.69, 9.17) is 4.74 Å². The van der Waals surface area contributed by atoms with Crippen molar-refractivity contribution in [1.29, 1.82) is 0 Å². The monoisotopic (exact) mass is 200 g/mol. The molecule has 3 heteroatoms. The molecule has 0 N–H and O–H groups in total. The van der Waals surface area contributed by atoms with Gasteiger partial charge in [0.2, 0.25) is 0 Å². The van der Waals surface area contributed by atoms with Crippen molar-refractivity contribution in [1.82, 2.24) is 9.97 Å². The molecule has 0 aliphatic carbocycles. The van der Waals surface area contributed by atoms with E-state index in [1.807, 2.05) is 38.1 Å². The highest BCUT2D eigenvalue weighted by Gasteiger charge is 1.97. The van der Waals surface area contributed by atoms with Crippen LogP contribution in [0.1, 0.15) is 11.4 Å². The zero-order valence-corrected chi connectivity index (χ0v) is 8.77. The lowest BCUT2D eigenvalue weighted by molar-refractivity contribution is 0.477. The normalized spacial score (nSPS) is 10.0. The van der Waals surface area contributed by atoms with Gasteiger partial charge in [-0.05, 0) is 38.1 Å². The maximum Gasteiger partial charge on any atom is 0.145 e. The van der Waals surface area contributed by atoms with Gasteiger partial charge < -0.3 is 4.74 Å². The van der Waals surface area contributed by atoms with Crippen molar-refractivity contribution in [2.24, 2.45) is 0 Å². The lowest BCUT2D eigenvalue weighted by Gasteiger charge is -2.04. The van der Waals surface area contributed by atoms with Gasteiger partial charge in [0.05, 0.1) is 12.4 Å². The first kappa shape index (κ1) is 9.65. The third kappa shape index (κ3) is 2.53. The Bertz CT molecular complexity index is 391. The molecule has 0 bridgehead atoms. The van der Waals surface area contributed by atoms with Gasteiger partial charge in [0.1, 0.15) is 11.5 Å². The Morgan fingerprint density at radius 3 is 1.60 bits per heavy atom. The summed E-state index contributed by atoms with van der Waals surface area (Å²) in [5, 5.41) is 0. The van der Waals surface area contributed by atoms with Crippen molar-refractivity contribution in [3.63, 3.8) is 0 Å². The first-order valence-corrected chi connectivity index (χ1v) is 4.77. The molecular weight excluding hydrogens is 188 g/mol. The molecular formula is C12H12N2O. The molecule has 0 amide bonds. The van der Waals surface area contributed by atoms with Crippen molar-refractivity contribution in [2.75, 3.05) is 0 Å². The largest absolute Gasteiger partial charge is 0.454 e. The number of aryl methyl sites for hydroxylation is 2. The zero-order valence-electron chi connectivity index (χ0n) is 8.77. The topological polar surface area (TPSA) is 35.0 Å². The van der Waals surface area contributed by atoms with Crippen LogP contribution >= 0.6 is 0 Å². The van der Waals surface area contributed by atoms with E-state index in [2.05, 4.69) is 9.97 Å². The number of nitrogens with zero attached hydrogens (tertiary/aromatic N) is 2. The minimum absolute atomic E-state index is 0.728. The third-order valence-electron chi connectivity index (χ3n) is 2.00. The number of pyridine rings is 2. The van der Waals surface area contributed by atoms with E-state index < -0.39 is 0 Å². The summed E-state index contributed by atoms with van der Waals surface area (Å²) in [7, 11) is 0. The van der Waals surface area contributed by atoms with Crippen molar-refractivity contribution >= 4 is 0 Å². The quantitative estimate of drug-likeness (QED) is 0.747. The molecule has 0 aromatic carbocycles. The average Bonchev–Trinajstić information content (AvgIpc) is 2.25. The van der Waals surface area contributed by atoms with Crippen LogP contribution in [0.4, 0.5) is 0 Å². The lowest BCUT2D eigenvalue weighted by atomic mass is 10.3. The Hall–Kier alpha value is -1.90. The van der Waals surface area contributed by atoms with Gasteiger partial charge in [0, 0.05) is 11.4 Å². The van der Waals surface area contributed by atoms with Gasteiger partial charge in [0.15, 0.2) is 0 Å². The summed E-state index contributed by atoms with van der Waals surface area (Å²) < 4.78 is 5.56. The van der Waals surface area contributed by atoms with Crippen molar-refractivity contribution in [3.8, 4) is 11.5 Å². The van der Waals surface area contributed by atoms with Crippen LogP contribution in [0.2, 0.25) is 0 Å². The molecule has 76 valence electrons. The molecule has 0 unspecified atom stereocenters. The number of hydrogen-bond acceptors (Lipinski definition) is 3. The summed E-state index contributed by atoms with van der Waals surface area (Å²) in [6.45, 7) is 3.88. The SMILES string of the molecule is Cc1ccc(Oc2ccc(C)nc2)cn1. The highest BCUT2D eigenvalue weighted by Crippen LogP contribution is 2.19. The van der Waals surface area contributed by atoms with Gasteiger partial charge in [0.25, 0.3) is 0 Å². The standard InChI is InChI=1S/C12H12N2O/c1-9-3-5-11(7-13-9)15-12-6-4-10(2)14-8-12/h3-8H,1-2H3. The van der Waals surface area contributed by atoms with E-state index in [1.54, 1.807) is 12.4 Å². The fourth-order valence-corrected chi connectivity index (χ4v) is 1.17. The van der Waals surface area contributed by atoms with Crippen LogP contribution in [0.25, 0.3) is 0 Å². The van der Waals surface area contributed by atoms with Crippen molar-refractivity contribution in [3.05, 3.63) is 48.0 Å². The first-order valence-electron chi connectivity index (χ1n) is 4.77. The van der Waals surface area contributed by atoms with Crippen LogP contribution in [0.5, 0.6) is 11.5 Å². The molecule has 2 aromatic heterocycles. The second-order valence-corrected chi connectivity index (χ2v) is 3.37. The minimum Gasteiger partial charge on any atom is -0.454 e. The molecule has 2 heterocycles. The van der Waals surface area contributed by atoms with Gasteiger partial charge in [-0.15, -0.1) is 0 Å². The zero-order chi connectivity index (χ0) is 10.7. The van der Waals surface area contributed by atoms with E-state index in [9.17, 15) is 0 Å². The summed E-state index contributed by atoms with van der Waals surface area (Å²) in [4.78, 5) is 8.29. The number of hydrogen-bond donors (Lipinski definition) is 0. The molecule has 0 atom stereocenters. The smallest absolute Gasteiger partial charge is 0.145 e. The average molecular weight is 200 g/mol. The second kappa shape index (κ2) is 4.09. The summed E-state index contributed by atoms with van der Waals surface area (Å²) >= 11 is 0. The summed E-state index contributed by atoms with van der Waals surface area (Å²) in [6, 6.07) is 7.61. The summed E-state index contributed by atoms with van der Waals surface area (Å²) in [6.07, 6.45) is 3.41. The van der Waals surface area contributed by atoms with Gasteiger partial charge in [-0.25, -0.2) is 0 Å². The summed E-state index contributed by atoms with van der Waals surface area (Å²) in [5.41, 5.74) is 1.95. The van der Waals surface area contributed by atoms with Crippen LogP contribution < -0.4 is 4.74 Å². The maximum atomic E-state index is 5.56. The second-order valence-electron chi connectivity index (χ2n) is 3.37. The Morgan fingerprint density at radius 1 is 0.800 bits per heavy atom. The molecule has 15 heavy (non-hydrogen) atoms. The van der Waals surface area contributed by atoms with E-state index >= 15 is 0 Å². The molecule has 0 radical (unpaired) electrons. The van der Waals surface area contributed by atoms with Crippen LogP contribution in [0.15, 0.2) is 36.7 Å². The number of aromatic nitrogens is 2. The highest BCUT2D eigenvalue weighted by atomic mass is 16.5. The predicted octanol–water partition coefficient (Wildman–Crippen LogP) is 2.89. The highest BCUT2D eigenvalue weighted by molar-refractivity contribution is 5.28. The Morgan fingerprint density at radius 2 is 1.27 bits per heavy atom. The van der Waals surface area contributed by atoms with Crippen LogP contribution in [-0.2, 0) is 0 Å². The van der Waals surface area contributed by atoms with Crippen LogP contribution in [-0.4, -0.2) is 9.97 Å². The molecule has 0 saturated heterocycles. The van der Waals surface area contributed by atoms with Gasteiger partial charge >= 0.3 is 0 Å². The molecule has 0 spiro atoms. The number of ether oxygens (including phenoxy) is 1. The fraction of sp³-hybridized carbons (Fsp3) is 0.167. The van der Waals surface area contributed by atoms with Gasteiger partial charge in [-0.3, -0.25) is 9.97 Å². The van der Waals surface area contributed by atoms with Gasteiger partial charge in [-0.1, -0.05) is 0 Å². The Kier molecular flexibility index (Phi) is 2.63. The molecule has 2 rings (SSSR count). The Balaban J connectivity index is 2.15. The Labute approximate surface area is 88.8 Å². The molecule has 2 aromatic rings. The predicted molar refractivity (Wildman–Crippen MR) is 58.0 cm³/mol. The van der Waals surface area contributed by atoms with E-state index in [0.717, 1.165) is 22.9 Å². The van der Waals surface area contributed by atoms with Gasteiger partial charge in [-0.2, -0.15) is 0 Å². The lowest BCUT2D eigenvalue weighted by Crippen LogP contribution is -1.88. The first-order chi connectivity index (χ1) is 7.24. The fourth-order valence-electron chi connectivity index (χ4n) is 1.17. The third-order valence-corrected chi connectivity index (χ3v) is 2.00. The molecule has 3 nitrogen and oxygen atoms in total. The molecule has 0 fully saturated rings. The molecule has 0 aliphatic rings. The molecule has 0 aliphatic heterocycles. The minimum atomic E-state index is 0.728. The summed E-state index contributed by atoms with van der Waals surface area (Å²) in [5.74, 6) is 1.46. The van der Waals surface area contributed by atoms with E-state index in [0.29, 0.717) is 0 Å². The van der Waals surface area contributed by atoms with Crippen LogP contribution in [0, 0.1) is 13.8 Å². The van der Waals surface area contributed by atoms with Crippen molar-refractivity contribution < 1.29 is 4.74 Å². The number of rotatable bonds is 2. The molecule has 0 saturated carbocycles. The maximum absolute atomic E-state index is 5.56.